The van der Waals surface area contributed by atoms with Crippen molar-refractivity contribution in [2.24, 2.45) is 0 Å². The van der Waals surface area contributed by atoms with Gasteiger partial charge in [-0.2, -0.15) is 0 Å². The van der Waals surface area contributed by atoms with Crippen LogP contribution in [-0.2, 0) is 11.3 Å². The van der Waals surface area contributed by atoms with Crippen molar-refractivity contribution in [3.8, 4) is 0 Å². The number of fused-ring (bicyclic) bond motifs is 1. The Kier molecular flexibility index (Phi) is 5.30. The second kappa shape index (κ2) is 7.87. The molecule has 1 aliphatic heterocycles. The van der Waals surface area contributed by atoms with E-state index in [2.05, 4.69) is 4.98 Å². The number of carbonyl (C=O) groups excluding carboxylic acids is 1. The van der Waals surface area contributed by atoms with Gasteiger partial charge in [0.15, 0.2) is 4.77 Å². The Morgan fingerprint density at radius 1 is 1.14 bits per heavy atom. The molecule has 0 bridgehead atoms. The Bertz CT molecular complexity index is 1150. The smallest absolute Gasteiger partial charge is 0.262 e. The predicted octanol–water partition coefficient (Wildman–Crippen LogP) is 3.23. The summed E-state index contributed by atoms with van der Waals surface area (Å²) in [5.41, 5.74) is 1.81. The number of benzene rings is 2. The first kappa shape index (κ1) is 18.9. The number of rotatable bonds is 3. The zero-order chi connectivity index (χ0) is 19.7. The van der Waals surface area contributed by atoms with Gasteiger partial charge < -0.3 is 14.6 Å². The van der Waals surface area contributed by atoms with Gasteiger partial charge in [0.1, 0.15) is 0 Å². The van der Waals surface area contributed by atoms with Gasteiger partial charge in [-0.1, -0.05) is 23.7 Å². The van der Waals surface area contributed by atoms with Crippen molar-refractivity contribution in [1.29, 1.82) is 0 Å². The second-order valence-corrected chi connectivity index (χ2v) is 7.44. The van der Waals surface area contributed by atoms with Gasteiger partial charge in [-0.25, -0.2) is 0 Å². The molecule has 0 atom stereocenters. The van der Waals surface area contributed by atoms with Gasteiger partial charge >= 0.3 is 0 Å². The summed E-state index contributed by atoms with van der Waals surface area (Å²) >= 11 is 11.3. The van der Waals surface area contributed by atoms with Crippen LogP contribution in [0.2, 0.25) is 5.02 Å². The Labute approximate surface area is 171 Å². The minimum absolute atomic E-state index is 0.0742. The number of nitrogens with one attached hydrogen (secondary N) is 1. The largest absolute Gasteiger partial charge is 0.378 e. The van der Waals surface area contributed by atoms with E-state index in [9.17, 15) is 9.59 Å². The molecule has 1 aliphatic rings. The van der Waals surface area contributed by atoms with E-state index in [1.165, 1.54) is 4.57 Å². The number of aromatic nitrogens is 2. The van der Waals surface area contributed by atoms with Crippen LogP contribution in [-0.4, -0.2) is 46.7 Å². The van der Waals surface area contributed by atoms with Gasteiger partial charge in [-0.05, 0) is 48.1 Å². The molecular weight excluding hydrogens is 398 g/mol. The molecule has 4 rings (SSSR count). The molecule has 2 heterocycles. The summed E-state index contributed by atoms with van der Waals surface area (Å²) in [5, 5.41) is 1.12. The Hall–Kier alpha value is -2.48. The third kappa shape index (κ3) is 3.73. The molecule has 1 N–H and O–H groups in total. The number of aromatic amines is 1. The minimum atomic E-state index is -0.195. The first-order chi connectivity index (χ1) is 13.5. The van der Waals surface area contributed by atoms with Crippen molar-refractivity contribution >= 4 is 40.6 Å². The molecule has 28 heavy (non-hydrogen) atoms. The van der Waals surface area contributed by atoms with E-state index in [1.54, 1.807) is 35.2 Å². The molecule has 1 saturated heterocycles. The van der Waals surface area contributed by atoms with E-state index in [-0.39, 0.29) is 11.5 Å². The summed E-state index contributed by atoms with van der Waals surface area (Å²) in [5.74, 6) is -0.0742. The quantitative estimate of drug-likeness (QED) is 0.667. The lowest BCUT2D eigenvalue weighted by atomic mass is 10.1. The van der Waals surface area contributed by atoms with Crippen LogP contribution < -0.4 is 5.56 Å². The molecular formula is C20H18ClN3O3S. The number of hydrogen-bond acceptors (Lipinski definition) is 4. The summed E-state index contributed by atoms with van der Waals surface area (Å²) < 4.78 is 7.10. The van der Waals surface area contributed by atoms with Crippen LogP contribution in [0.5, 0.6) is 0 Å². The average molecular weight is 416 g/mol. The highest BCUT2D eigenvalue weighted by atomic mass is 35.5. The highest BCUT2D eigenvalue weighted by Gasteiger charge is 2.19. The molecule has 8 heteroatoms. The normalized spacial score (nSPS) is 14.4. The van der Waals surface area contributed by atoms with Crippen molar-refractivity contribution in [2.45, 2.75) is 6.54 Å². The number of hydrogen-bond donors (Lipinski definition) is 1. The number of amides is 1. The predicted molar refractivity (Wildman–Crippen MR) is 111 cm³/mol. The first-order valence-corrected chi connectivity index (χ1v) is 9.70. The number of halogens is 1. The Morgan fingerprint density at radius 3 is 2.57 bits per heavy atom. The van der Waals surface area contributed by atoms with E-state index in [4.69, 9.17) is 28.6 Å². The van der Waals surface area contributed by atoms with E-state index in [0.717, 1.165) is 5.56 Å². The minimum Gasteiger partial charge on any atom is -0.378 e. The van der Waals surface area contributed by atoms with Crippen molar-refractivity contribution in [3.05, 3.63) is 73.7 Å². The molecule has 0 radical (unpaired) electrons. The molecule has 2 aromatic carbocycles. The number of carbonyl (C=O) groups is 1. The highest BCUT2D eigenvalue weighted by molar-refractivity contribution is 7.71. The van der Waals surface area contributed by atoms with Gasteiger partial charge in [0, 0.05) is 23.7 Å². The molecule has 1 amide bonds. The molecule has 1 fully saturated rings. The summed E-state index contributed by atoms with van der Waals surface area (Å²) in [6, 6.07) is 12.3. The van der Waals surface area contributed by atoms with Crippen LogP contribution in [0, 0.1) is 4.77 Å². The van der Waals surface area contributed by atoms with Crippen LogP contribution in [0.3, 0.4) is 0 Å². The second-order valence-electron chi connectivity index (χ2n) is 6.61. The number of morpholine rings is 1. The van der Waals surface area contributed by atoms with Gasteiger partial charge in [0.2, 0.25) is 0 Å². The van der Waals surface area contributed by atoms with E-state index in [1.807, 2.05) is 12.1 Å². The standard InChI is InChI=1S/C20H18ClN3O3S/c21-15-4-1-13(2-5-15)12-24-19(26)16-6-3-14(11-17(16)22-20(24)28)18(25)23-7-9-27-10-8-23/h1-6,11H,7-10,12H2,(H,22,28). The zero-order valence-corrected chi connectivity index (χ0v) is 16.6. The van der Waals surface area contributed by atoms with Gasteiger partial charge in [-0.3, -0.25) is 14.2 Å². The molecule has 1 aromatic heterocycles. The molecule has 0 spiro atoms. The number of H-pyrrole nitrogens is 1. The molecule has 6 nitrogen and oxygen atoms in total. The highest BCUT2D eigenvalue weighted by Crippen LogP contribution is 2.15. The topological polar surface area (TPSA) is 67.3 Å². The SMILES string of the molecule is O=C(c1ccc2c(=O)n(Cc3ccc(Cl)cc3)c(=S)[nH]c2c1)N1CCOCC1. The maximum atomic E-state index is 12.9. The summed E-state index contributed by atoms with van der Waals surface area (Å²) in [4.78, 5) is 30.5. The summed E-state index contributed by atoms with van der Waals surface area (Å²) in [6.45, 7) is 2.55. The fourth-order valence-corrected chi connectivity index (χ4v) is 3.64. The maximum Gasteiger partial charge on any atom is 0.262 e. The van der Waals surface area contributed by atoms with E-state index < -0.39 is 0 Å². The van der Waals surface area contributed by atoms with Gasteiger partial charge in [-0.15, -0.1) is 0 Å². The molecule has 0 saturated carbocycles. The summed E-state index contributed by atoms with van der Waals surface area (Å²) in [7, 11) is 0. The van der Waals surface area contributed by atoms with Crippen molar-refractivity contribution in [2.75, 3.05) is 26.3 Å². The van der Waals surface area contributed by atoms with Crippen LogP contribution in [0.1, 0.15) is 15.9 Å². The van der Waals surface area contributed by atoms with Crippen LogP contribution >= 0.6 is 23.8 Å². The van der Waals surface area contributed by atoms with Crippen LogP contribution in [0.15, 0.2) is 47.3 Å². The molecule has 3 aromatic rings. The van der Waals surface area contributed by atoms with Crippen LogP contribution in [0.4, 0.5) is 0 Å². The average Bonchev–Trinajstić information content (AvgIpc) is 2.72. The number of ether oxygens (including phenoxy) is 1. The van der Waals surface area contributed by atoms with Crippen molar-refractivity contribution in [3.63, 3.8) is 0 Å². The zero-order valence-electron chi connectivity index (χ0n) is 15.0. The van der Waals surface area contributed by atoms with E-state index >= 15 is 0 Å². The monoisotopic (exact) mass is 415 g/mol. The van der Waals surface area contributed by atoms with Crippen LogP contribution in [0.25, 0.3) is 10.9 Å². The van der Waals surface area contributed by atoms with Crippen molar-refractivity contribution in [1.82, 2.24) is 14.5 Å². The lowest BCUT2D eigenvalue weighted by Gasteiger charge is -2.26. The third-order valence-corrected chi connectivity index (χ3v) is 5.36. The molecule has 0 aliphatic carbocycles. The fourth-order valence-electron chi connectivity index (χ4n) is 3.25. The van der Waals surface area contributed by atoms with Gasteiger partial charge in [0.05, 0.1) is 30.7 Å². The molecule has 0 unspecified atom stereocenters. The summed E-state index contributed by atoms with van der Waals surface area (Å²) in [6.07, 6.45) is 0. The molecule has 144 valence electrons. The lowest BCUT2D eigenvalue weighted by Crippen LogP contribution is -2.40. The number of nitrogens with zero attached hydrogens (tertiary/aromatic N) is 2. The lowest BCUT2D eigenvalue weighted by molar-refractivity contribution is 0.0303. The maximum absolute atomic E-state index is 12.9. The fraction of sp³-hybridized carbons (Fsp3) is 0.250. The Balaban J connectivity index is 1.69. The van der Waals surface area contributed by atoms with Gasteiger partial charge in [0.25, 0.3) is 11.5 Å². The van der Waals surface area contributed by atoms with Crippen molar-refractivity contribution < 1.29 is 9.53 Å². The Morgan fingerprint density at radius 2 is 1.86 bits per heavy atom. The first-order valence-electron chi connectivity index (χ1n) is 8.91. The van der Waals surface area contributed by atoms with E-state index in [0.29, 0.717) is 59.1 Å². The third-order valence-electron chi connectivity index (χ3n) is 4.78.